The fourth-order valence-electron chi connectivity index (χ4n) is 3.58. The van der Waals surface area contributed by atoms with Gasteiger partial charge in [0.25, 0.3) is 5.91 Å². The molecule has 0 saturated carbocycles. The molecule has 1 atom stereocenters. The summed E-state index contributed by atoms with van der Waals surface area (Å²) in [6.45, 7) is -2.10. The summed E-state index contributed by atoms with van der Waals surface area (Å²) in [6, 6.07) is 3.69. The number of sulfone groups is 1. The molecule has 1 aromatic carbocycles. The summed E-state index contributed by atoms with van der Waals surface area (Å²) in [5.74, 6) is -7.55. The highest BCUT2D eigenvalue weighted by Crippen LogP contribution is 2.36. The Balaban J connectivity index is 1.57. The van der Waals surface area contributed by atoms with Crippen LogP contribution in [0.2, 0.25) is 0 Å². The molecule has 0 bridgehead atoms. The third-order valence-corrected chi connectivity index (χ3v) is 9.51. The summed E-state index contributed by atoms with van der Waals surface area (Å²) in [6.07, 6.45) is -5.32. The summed E-state index contributed by atoms with van der Waals surface area (Å²) in [4.78, 5) is 21.0. The lowest BCUT2D eigenvalue weighted by atomic mass is 10.1. The third kappa shape index (κ3) is 6.23. The molecule has 2 fully saturated rings. The molecule has 0 spiro atoms. The number of halogens is 5. The number of imide groups is 1. The average Bonchev–Trinajstić information content (AvgIpc) is 3.06. The molecule has 208 valence electrons. The van der Waals surface area contributed by atoms with Gasteiger partial charge in [-0.05, 0) is 37.1 Å². The SMILES string of the molecule is CS(=O)(=O)[C@@]1(CS(=O)(=O)N2CCC(Oc3ccc(OCC(F)(F)C(F)(F)F)cc3)CC2)NC(=O)NC1=O. The van der Waals surface area contributed by atoms with E-state index >= 15 is 0 Å². The normalized spacial score (nSPS) is 22.4. The van der Waals surface area contributed by atoms with E-state index < -0.39 is 67.2 Å². The number of hydrogen-bond donors (Lipinski definition) is 2. The van der Waals surface area contributed by atoms with Crippen LogP contribution in [0, 0.1) is 0 Å². The molecule has 1 aromatic rings. The van der Waals surface area contributed by atoms with Crippen LogP contribution in [0.15, 0.2) is 24.3 Å². The zero-order valence-corrected chi connectivity index (χ0v) is 20.7. The van der Waals surface area contributed by atoms with Crippen molar-refractivity contribution in [2.45, 2.75) is 35.9 Å². The number of amides is 3. The van der Waals surface area contributed by atoms with Gasteiger partial charge in [-0.25, -0.2) is 25.9 Å². The lowest BCUT2D eigenvalue weighted by molar-refractivity contribution is -0.290. The topological polar surface area (TPSA) is 148 Å². The van der Waals surface area contributed by atoms with Crippen molar-refractivity contribution in [3.63, 3.8) is 0 Å². The van der Waals surface area contributed by atoms with Gasteiger partial charge in [0.05, 0.1) is 0 Å². The molecular formula is C19H22F5N3O8S2. The average molecular weight is 580 g/mol. The van der Waals surface area contributed by atoms with Crippen molar-refractivity contribution in [3.8, 4) is 11.5 Å². The van der Waals surface area contributed by atoms with E-state index in [0.29, 0.717) is 6.26 Å². The number of benzene rings is 1. The number of sulfonamides is 1. The van der Waals surface area contributed by atoms with Crippen LogP contribution in [-0.4, -0.2) is 87.9 Å². The summed E-state index contributed by atoms with van der Waals surface area (Å²) < 4.78 is 124. The molecule has 2 aliphatic heterocycles. The van der Waals surface area contributed by atoms with Crippen LogP contribution < -0.4 is 20.1 Å². The maximum Gasteiger partial charge on any atom is 0.456 e. The minimum atomic E-state index is -5.75. The number of alkyl halides is 5. The Morgan fingerprint density at radius 3 is 2.00 bits per heavy atom. The zero-order valence-electron chi connectivity index (χ0n) is 19.0. The summed E-state index contributed by atoms with van der Waals surface area (Å²) >= 11 is 0. The van der Waals surface area contributed by atoms with E-state index in [0.717, 1.165) is 16.4 Å². The number of nitrogens with one attached hydrogen (secondary N) is 2. The Morgan fingerprint density at radius 2 is 1.54 bits per heavy atom. The van der Waals surface area contributed by atoms with E-state index in [1.807, 2.05) is 5.32 Å². The van der Waals surface area contributed by atoms with Gasteiger partial charge in [0.15, 0.2) is 16.4 Å². The molecule has 0 radical (unpaired) electrons. The van der Waals surface area contributed by atoms with Crippen LogP contribution in [0.5, 0.6) is 11.5 Å². The molecular weight excluding hydrogens is 557 g/mol. The smallest absolute Gasteiger partial charge is 0.456 e. The highest BCUT2D eigenvalue weighted by atomic mass is 32.2. The lowest BCUT2D eigenvalue weighted by Crippen LogP contribution is -2.60. The van der Waals surface area contributed by atoms with Crippen molar-refractivity contribution in [2.24, 2.45) is 0 Å². The van der Waals surface area contributed by atoms with Gasteiger partial charge in [0.1, 0.15) is 23.4 Å². The first-order valence-electron chi connectivity index (χ1n) is 10.5. The molecule has 2 saturated heterocycles. The maximum absolute atomic E-state index is 13.0. The molecule has 2 heterocycles. The highest BCUT2D eigenvalue weighted by Gasteiger charge is 2.59. The van der Waals surface area contributed by atoms with Crippen LogP contribution in [0.3, 0.4) is 0 Å². The fourth-order valence-corrected chi connectivity index (χ4v) is 7.22. The number of piperidine rings is 1. The van der Waals surface area contributed by atoms with Crippen molar-refractivity contribution in [3.05, 3.63) is 24.3 Å². The molecule has 2 aliphatic rings. The molecule has 3 rings (SSSR count). The first-order valence-corrected chi connectivity index (χ1v) is 14.0. The monoisotopic (exact) mass is 579 g/mol. The molecule has 2 N–H and O–H groups in total. The first-order chi connectivity index (χ1) is 16.9. The summed E-state index contributed by atoms with van der Waals surface area (Å²) in [7, 11) is -8.71. The van der Waals surface area contributed by atoms with Crippen LogP contribution in [0.1, 0.15) is 12.8 Å². The van der Waals surface area contributed by atoms with E-state index in [9.17, 15) is 48.4 Å². The largest absolute Gasteiger partial charge is 0.490 e. The molecule has 3 amide bonds. The number of carbonyl (C=O) groups is 2. The Morgan fingerprint density at radius 1 is 1.00 bits per heavy atom. The minimum absolute atomic E-state index is 0.101. The first kappa shape index (κ1) is 28.8. The molecule has 11 nitrogen and oxygen atoms in total. The molecule has 0 unspecified atom stereocenters. The van der Waals surface area contributed by atoms with E-state index in [2.05, 4.69) is 4.74 Å². The van der Waals surface area contributed by atoms with Crippen molar-refractivity contribution in [2.75, 3.05) is 31.7 Å². The Labute approximate surface area is 208 Å². The van der Waals surface area contributed by atoms with E-state index in [1.165, 1.54) is 12.1 Å². The van der Waals surface area contributed by atoms with E-state index in [-0.39, 0.29) is 37.4 Å². The Hall–Kier alpha value is -2.73. The second kappa shape index (κ2) is 9.86. The van der Waals surface area contributed by atoms with Gasteiger partial charge in [0, 0.05) is 19.3 Å². The number of rotatable bonds is 9. The molecule has 0 aromatic heterocycles. The predicted molar refractivity (Wildman–Crippen MR) is 116 cm³/mol. The van der Waals surface area contributed by atoms with Crippen molar-refractivity contribution >= 4 is 31.8 Å². The van der Waals surface area contributed by atoms with Crippen molar-refractivity contribution in [1.29, 1.82) is 0 Å². The van der Waals surface area contributed by atoms with Gasteiger partial charge >= 0.3 is 18.1 Å². The van der Waals surface area contributed by atoms with Crippen LogP contribution in [-0.2, 0) is 24.7 Å². The summed E-state index contributed by atoms with van der Waals surface area (Å²) in [5.41, 5.74) is 0. The zero-order chi connectivity index (χ0) is 27.9. The quantitative estimate of drug-likeness (QED) is 0.326. The maximum atomic E-state index is 13.0. The van der Waals surface area contributed by atoms with Crippen LogP contribution in [0.4, 0.5) is 26.7 Å². The lowest BCUT2D eigenvalue weighted by Gasteiger charge is -2.33. The minimum Gasteiger partial charge on any atom is -0.490 e. The second-order valence-electron chi connectivity index (χ2n) is 8.44. The second-order valence-corrected chi connectivity index (χ2v) is 12.7. The predicted octanol–water partition coefficient (Wildman–Crippen LogP) is 1.02. The summed E-state index contributed by atoms with van der Waals surface area (Å²) in [5, 5.41) is 3.63. The van der Waals surface area contributed by atoms with E-state index in [1.54, 1.807) is 5.32 Å². The van der Waals surface area contributed by atoms with Gasteiger partial charge < -0.3 is 14.8 Å². The number of carbonyl (C=O) groups excluding carboxylic acids is 2. The van der Waals surface area contributed by atoms with Crippen LogP contribution >= 0.6 is 0 Å². The van der Waals surface area contributed by atoms with Gasteiger partial charge in [-0.15, -0.1) is 0 Å². The van der Waals surface area contributed by atoms with Gasteiger partial charge in [-0.2, -0.15) is 22.0 Å². The van der Waals surface area contributed by atoms with Gasteiger partial charge in [-0.3, -0.25) is 10.1 Å². The standard InChI is InChI=1S/C19H22F5N3O8S2/c1-36(30,31)17(15(28)25-16(29)26-17)11-37(32,33)27-8-6-14(7-9-27)35-13-4-2-12(3-5-13)34-10-18(20,21)19(22,23)24/h2-5,14H,6-11H2,1H3,(H2,25,26,28,29)/t17-/m1/s1. The van der Waals surface area contributed by atoms with Gasteiger partial charge in [0.2, 0.25) is 14.9 Å². The number of hydrogen-bond acceptors (Lipinski definition) is 8. The van der Waals surface area contributed by atoms with Gasteiger partial charge in [-0.1, -0.05) is 0 Å². The van der Waals surface area contributed by atoms with Crippen molar-refractivity contribution < 1.29 is 57.9 Å². The van der Waals surface area contributed by atoms with E-state index in [4.69, 9.17) is 4.74 Å². The number of ether oxygens (including phenoxy) is 2. The number of nitrogens with zero attached hydrogens (tertiary/aromatic N) is 1. The Kier molecular flexibility index (Phi) is 7.69. The van der Waals surface area contributed by atoms with Crippen molar-refractivity contribution in [1.82, 2.24) is 14.9 Å². The molecule has 37 heavy (non-hydrogen) atoms. The molecule has 0 aliphatic carbocycles. The fraction of sp³-hybridized carbons (Fsp3) is 0.579. The van der Waals surface area contributed by atoms with Crippen LogP contribution in [0.25, 0.3) is 0 Å². The highest BCUT2D eigenvalue weighted by molar-refractivity contribution is 7.95. The Bertz CT molecular complexity index is 1250. The number of urea groups is 1. The molecule has 18 heteroatoms. The third-order valence-electron chi connectivity index (χ3n) is 5.68.